The Kier molecular flexibility index (Phi) is 3.75. The first-order valence-corrected chi connectivity index (χ1v) is 7.43. The highest BCUT2D eigenvalue weighted by Gasteiger charge is 2.24. The van der Waals surface area contributed by atoms with Crippen LogP contribution in [0.5, 0.6) is 11.5 Å². The number of para-hydroxylation sites is 2. The smallest absolute Gasteiger partial charge is 0.313 e. The first-order valence-electron chi connectivity index (χ1n) is 7.43. The van der Waals surface area contributed by atoms with Crippen LogP contribution in [0.4, 0.5) is 11.4 Å². The number of rotatable bonds is 3. The molecule has 22 heavy (non-hydrogen) atoms. The van der Waals surface area contributed by atoms with E-state index in [0.29, 0.717) is 6.61 Å². The minimum Gasteiger partial charge on any atom is -0.466 e. The number of ether oxygens (including phenoxy) is 2. The Bertz CT molecular complexity index is 711. The van der Waals surface area contributed by atoms with Gasteiger partial charge in [-0.3, -0.25) is 4.79 Å². The first kappa shape index (κ1) is 14.4. The van der Waals surface area contributed by atoms with Crippen molar-refractivity contribution in [3.05, 3.63) is 48.0 Å². The fourth-order valence-electron chi connectivity index (χ4n) is 2.63. The molecular formula is C18H19NO3. The summed E-state index contributed by atoms with van der Waals surface area (Å²) in [6, 6.07) is 13.8. The molecule has 1 atom stereocenters. The lowest BCUT2D eigenvalue weighted by Gasteiger charge is -2.30. The van der Waals surface area contributed by atoms with E-state index in [1.807, 2.05) is 63.4 Å². The Morgan fingerprint density at radius 2 is 1.91 bits per heavy atom. The van der Waals surface area contributed by atoms with E-state index >= 15 is 0 Å². The van der Waals surface area contributed by atoms with Crippen LogP contribution in [0.3, 0.4) is 0 Å². The third kappa shape index (κ3) is 2.41. The van der Waals surface area contributed by atoms with Gasteiger partial charge >= 0.3 is 5.97 Å². The molecule has 4 nitrogen and oxygen atoms in total. The van der Waals surface area contributed by atoms with E-state index in [-0.39, 0.29) is 11.9 Å². The minimum absolute atomic E-state index is 0.216. The van der Waals surface area contributed by atoms with Crippen LogP contribution in [0.25, 0.3) is 0 Å². The highest BCUT2D eigenvalue weighted by Crippen LogP contribution is 2.46. The molecular weight excluding hydrogens is 278 g/mol. The zero-order chi connectivity index (χ0) is 15.7. The lowest BCUT2D eigenvalue weighted by atomic mass is 10.00. The molecule has 1 unspecified atom stereocenters. The molecule has 0 spiro atoms. The lowest BCUT2D eigenvalue weighted by Crippen LogP contribution is -2.17. The molecule has 0 amide bonds. The average Bonchev–Trinajstić information content (AvgIpc) is 2.54. The molecule has 0 aromatic heterocycles. The topological polar surface area (TPSA) is 38.8 Å². The summed E-state index contributed by atoms with van der Waals surface area (Å²) in [4.78, 5) is 14.0. The van der Waals surface area contributed by atoms with Crippen LogP contribution < -0.4 is 9.64 Å². The zero-order valence-corrected chi connectivity index (χ0v) is 13.0. The Balaban J connectivity index is 1.94. The van der Waals surface area contributed by atoms with Gasteiger partial charge in [0.25, 0.3) is 0 Å². The van der Waals surface area contributed by atoms with Crippen LogP contribution in [-0.4, -0.2) is 19.6 Å². The van der Waals surface area contributed by atoms with E-state index in [1.165, 1.54) is 0 Å². The summed E-state index contributed by atoms with van der Waals surface area (Å²) in [5.41, 5.74) is 2.91. The van der Waals surface area contributed by atoms with Crippen molar-refractivity contribution in [1.82, 2.24) is 0 Å². The van der Waals surface area contributed by atoms with Crippen LogP contribution in [0, 0.1) is 0 Å². The van der Waals surface area contributed by atoms with Crippen molar-refractivity contribution in [2.75, 3.05) is 18.6 Å². The van der Waals surface area contributed by atoms with Crippen molar-refractivity contribution in [3.8, 4) is 11.5 Å². The lowest BCUT2D eigenvalue weighted by molar-refractivity contribution is -0.144. The van der Waals surface area contributed by atoms with Crippen LogP contribution in [-0.2, 0) is 9.53 Å². The monoisotopic (exact) mass is 297 g/mol. The number of carbonyl (C=O) groups excluding carboxylic acids is 1. The largest absolute Gasteiger partial charge is 0.466 e. The van der Waals surface area contributed by atoms with Gasteiger partial charge in [-0.25, -0.2) is 0 Å². The van der Waals surface area contributed by atoms with Crippen LogP contribution in [0.15, 0.2) is 42.5 Å². The van der Waals surface area contributed by atoms with Crippen molar-refractivity contribution in [2.24, 2.45) is 0 Å². The Hall–Kier alpha value is -2.49. The van der Waals surface area contributed by atoms with Gasteiger partial charge in [-0.15, -0.1) is 0 Å². The predicted octanol–water partition coefficient (Wildman–Crippen LogP) is 4.23. The zero-order valence-electron chi connectivity index (χ0n) is 13.0. The maximum Gasteiger partial charge on any atom is 0.313 e. The van der Waals surface area contributed by atoms with Gasteiger partial charge in [0.05, 0.1) is 23.9 Å². The number of esters is 1. The van der Waals surface area contributed by atoms with Crippen molar-refractivity contribution in [2.45, 2.75) is 19.8 Å². The number of fused-ring (bicyclic) bond motifs is 2. The van der Waals surface area contributed by atoms with Gasteiger partial charge in [0.1, 0.15) is 0 Å². The van der Waals surface area contributed by atoms with Crippen molar-refractivity contribution < 1.29 is 14.3 Å². The molecule has 0 saturated carbocycles. The van der Waals surface area contributed by atoms with E-state index in [4.69, 9.17) is 9.47 Å². The fraction of sp³-hybridized carbons (Fsp3) is 0.278. The molecule has 1 aliphatic rings. The molecule has 1 aliphatic heterocycles. The summed E-state index contributed by atoms with van der Waals surface area (Å²) in [7, 11) is 2.01. The van der Waals surface area contributed by atoms with E-state index in [1.54, 1.807) is 0 Å². The van der Waals surface area contributed by atoms with Gasteiger partial charge in [-0.2, -0.15) is 0 Å². The Morgan fingerprint density at radius 3 is 2.68 bits per heavy atom. The predicted molar refractivity (Wildman–Crippen MR) is 86.1 cm³/mol. The Morgan fingerprint density at radius 1 is 1.18 bits per heavy atom. The van der Waals surface area contributed by atoms with E-state index in [2.05, 4.69) is 4.90 Å². The third-order valence-electron chi connectivity index (χ3n) is 3.93. The Labute approximate surface area is 130 Å². The van der Waals surface area contributed by atoms with Gasteiger partial charge in [-0.1, -0.05) is 18.2 Å². The van der Waals surface area contributed by atoms with Crippen molar-refractivity contribution in [1.29, 1.82) is 0 Å². The molecule has 1 heterocycles. The molecule has 0 aliphatic carbocycles. The van der Waals surface area contributed by atoms with E-state index in [9.17, 15) is 4.79 Å². The van der Waals surface area contributed by atoms with Crippen LogP contribution >= 0.6 is 0 Å². The average molecular weight is 297 g/mol. The SMILES string of the molecule is CCOC(=O)C(C)c1ccc2c(c1)Oc1ccccc1N2C. The molecule has 0 bridgehead atoms. The second-order valence-corrected chi connectivity index (χ2v) is 5.33. The van der Waals surface area contributed by atoms with Gasteiger partial charge in [0, 0.05) is 7.05 Å². The number of carbonyl (C=O) groups is 1. The molecule has 4 heteroatoms. The molecule has 0 radical (unpaired) electrons. The minimum atomic E-state index is -0.309. The van der Waals surface area contributed by atoms with Crippen molar-refractivity contribution in [3.63, 3.8) is 0 Å². The highest BCUT2D eigenvalue weighted by molar-refractivity contribution is 5.81. The summed E-state index contributed by atoms with van der Waals surface area (Å²) in [6.07, 6.45) is 0. The summed E-state index contributed by atoms with van der Waals surface area (Å²) in [5, 5.41) is 0. The second kappa shape index (κ2) is 5.72. The number of nitrogens with zero attached hydrogens (tertiary/aromatic N) is 1. The molecule has 3 rings (SSSR count). The maximum atomic E-state index is 11.9. The molecule has 114 valence electrons. The number of anilines is 2. The van der Waals surface area contributed by atoms with Crippen LogP contribution in [0.1, 0.15) is 25.3 Å². The van der Waals surface area contributed by atoms with E-state index < -0.39 is 0 Å². The second-order valence-electron chi connectivity index (χ2n) is 5.33. The molecule has 0 fully saturated rings. The molecule has 0 N–H and O–H groups in total. The van der Waals surface area contributed by atoms with Gasteiger partial charge in [-0.05, 0) is 43.7 Å². The summed E-state index contributed by atoms with van der Waals surface area (Å²) < 4.78 is 11.1. The quantitative estimate of drug-likeness (QED) is 0.795. The number of hydrogen-bond acceptors (Lipinski definition) is 4. The third-order valence-corrected chi connectivity index (χ3v) is 3.93. The summed E-state index contributed by atoms with van der Waals surface area (Å²) in [6.45, 7) is 4.05. The summed E-state index contributed by atoms with van der Waals surface area (Å²) >= 11 is 0. The maximum absolute atomic E-state index is 11.9. The van der Waals surface area contributed by atoms with Gasteiger partial charge in [0.15, 0.2) is 11.5 Å². The van der Waals surface area contributed by atoms with Gasteiger partial charge in [0.2, 0.25) is 0 Å². The number of hydrogen-bond donors (Lipinski definition) is 0. The standard InChI is InChI=1S/C18H19NO3/c1-4-21-18(20)12(2)13-9-10-15-17(11-13)22-16-8-6-5-7-14(16)19(15)3/h5-12H,4H2,1-3H3. The van der Waals surface area contributed by atoms with E-state index in [0.717, 1.165) is 28.4 Å². The normalized spacial score (nSPS) is 13.7. The van der Waals surface area contributed by atoms with Crippen molar-refractivity contribution >= 4 is 17.3 Å². The molecule has 2 aromatic carbocycles. The van der Waals surface area contributed by atoms with Crippen LogP contribution in [0.2, 0.25) is 0 Å². The van der Waals surface area contributed by atoms with Gasteiger partial charge < -0.3 is 14.4 Å². The molecule has 0 saturated heterocycles. The number of benzene rings is 2. The molecule has 2 aromatic rings. The fourth-order valence-corrected chi connectivity index (χ4v) is 2.63. The first-order chi connectivity index (χ1) is 10.6. The summed E-state index contributed by atoms with van der Waals surface area (Å²) in [5.74, 6) is 1.05. The highest BCUT2D eigenvalue weighted by atomic mass is 16.5.